The number of hydroxylamine groups is 2. The van der Waals surface area contributed by atoms with E-state index in [1.807, 2.05) is 6.26 Å². The number of hydrogen-bond acceptors (Lipinski definition) is 7. The van der Waals surface area contributed by atoms with E-state index in [2.05, 4.69) is 5.28 Å². The van der Waals surface area contributed by atoms with Gasteiger partial charge >= 0.3 is 35.5 Å². The Morgan fingerprint density at radius 2 is 2.05 bits per heavy atom. The first-order valence-electron chi connectivity index (χ1n) is 5.80. The van der Waals surface area contributed by atoms with E-state index < -0.39 is 12.0 Å². The summed E-state index contributed by atoms with van der Waals surface area (Å²) in [4.78, 5) is 16.6. The molecule has 9 nitrogen and oxygen atoms in total. The van der Waals surface area contributed by atoms with Crippen LogP contribution in [0, 0.1) is 54.5 Å². The van der Waals surface area contributed by atoms with Crippen LogP contribution in [0.5, 0.6) is 0 Å². The van der Waals surface area contributed by atoms with E-state index in [9.17, 15) is 15.2 Å². The molecule has 0 amide bonds. The van der Waals surface area contributed by atoms with Gasteiger partial charge in [-0.2, -0.15) is 11.8 Å². The molecule has 1 aliphatic rings. The third-order valence-electron chi connectivity index (χ3n) is 2.64. The number of hydrogen-bond donors (Lipinski definition) is 0. The summed E-state index contributed by atoms with van der Waals surface area (Å²) in [5.74, 6) is 0.141. The second-order valence-corrected chi connectivity index (χ2v) is 4.95. The summed E-state index contributed by atoms with van der Waals surface area (Å²) in [6.07, 6.45) is 2.36. The maximum absolute atomic E-state index is 11.6. The molecule has 1 saturated heterocycles. The zero-order chi connectivity index (χ0) is 14.3. The van der Waals surface area contributed by atoms with E-state index in [0.717, 1.165) is 5.75 Å². The third kappa shape index (κ3) is 9.15. The van der Waals surface area contributed by atoms with Gasteiger partial charge in [0.05, 0.1) is 26.2 Å². The van der Waals surface area contributed by atoms with Crippen LogP contribution in [0.25, 0.3) is 5.73 Å². The number of piperazine rings is 1. The molecule has 1 aliphatic heterocycles. The number of hydrazine groups is 1. The fourth-order valence-corrected chi connectivity index (χ4v) is 2.01. The van der Waals surface area contributed by atoms with E-state index in [4.69, 9.17) is 10.6 Å². The predicted octanol–water partition coefficient (Wildman–Crippen LogP) is -2.38. The van der Waals surface area contributed by atoms with Gasteiger partial charge in [0.25, 0.3) is 0 Å². The summed E-state index contributed by atoms with van der Waals surface area (Å²) < 4.78 is 0. The minimum Gasteiger partial charge on any atom is -0.737 e. The monoisotopic (exact) mass is 541 g/mol. The van der Waals surface area contributed by atoms with Crippen molar-refractivity contribution in [3.8, 4) is 0 Å². The van der Waals surface area contributed by atoms with Gasteiger partial charge in [0, 0.05) is 49.0 Å². The number of carbonyl (C=O) groups excluding carboxylic acids is 1. The Kier molecular flexibility index (Phi) is 15.8. The molecule has 21 heavy (non-hydrogen) atoms. The molecule has 1 atom stereocenters. The first kappa shape index (κ1) is 24.4. The van der Waals surface area contributed by atoms with E-state index in [0.29, 0.717) is 19.5 Å². The van der Waals surface area contributed by atoms with E-state index in [1.165, 1.54) is 10.1 Å². The van der Waals surface area contributed by atoms with Crippen LogP contribution >= 0.6 is 11.8 Å². The molecule has 0 aromatic carbocycles. The largest absolute Gasteiger partial charge is 1.00 e. The molecule has 1 radical (unpaired) electrons. The molecule has 1 N–H and O–H groups in total. The Labute approximate surface area is 185 Å². The molecule has 0 aliphatic carbocycles. The van der Waals surface area contributed by atoms with Gasteiger partial charge in [0.15, 0.2) is 0 Å². The molecule has 1 heterocycles. The van der Waals surface area contributed by atoms with Crippen molar-refractivity contribution in [3.63, 3.8) is 0 Å². The van der Waals surface area contributed by atoms with Crippen molar-refractivity contribution >= 4 is 17.7 Å². The van der Waals surface area contributed by atoms with Gasteiger partial charge in [0.1, 0.15) is 0 Å². The van der Waals surface area contributed by atoms with Gasteiger partial charge in [-0.1, -0.05) is 6.42 Å². The van der Waals surface area contributed by atoms with Crippen LogP contribution in [0.2, 0.25) is 0 Å². The first-order chi connectivity index (χ1) is 9.08. The average Bonchev–Trinajstić information content (AvgIpc) is 2.44. The van der Waals surface area contributed by atoms with Crippen molar-refractivity contribution in [1.82, 2.24) is 10.1 Å². The van der Waals surface area contributed by atoms with Crippen LogP contribution in [0.3, 0.4) is 0 Å². The molecular weight excluding hydrogens is 524 g/mol. The summed E-state index contributed by atoms with van der Waals surface area (Å²) in [7, 11) is 0. The van der Waals surface area contributed by atoms with Crippen LogP contribution < -0.4 is 29.6 Å². The Morgan fingerprint density at radius 3 is 2.52 bits per heavy atom. The summed E-state index contributed by atoms with van der Waals surface area (Å²) in [6.45, 7) is 1.09. The van der Waals surface area contributed by atoms with E-state index in [1.54, 1.807) is 11.8 Å². The van der Waals surface area contributed by atoms with Crippen LogP contribution in [-0.4, -0.2) is 65.2 Å². The maximum atomic E-state index is 11.6. The molecule has 12 heteroatoms. The zero-order valence-electron chi connectivity index (χ0n) is 12.2. The standard InChI is InChI=1S/C9H18N5O4S.Ac.Na/c1-19-7-2-8(10)9(15)18-13-5-3-12(4-6-13)14(17)11-16;;/h8,10,16H,2-7H2,1H3;;/q-1;;+1/p-1/b14-11-;;. The van der Waals surface area contributed by atoms with Gasteiger partial charge in [-0.3, -0.25) is 4.79 Å². The molecular formula is C9H17AcN5NaO4S-. The van der Waals surface area contributed by atoms with Gasteiger partial charge in [-0.15, -0.1) is 10.1 Å². The summed E-state index contributed by atoms with van der Waals surface area (Å²) >= 11 is 1.57. The number of thioether (sulfide) groups is 1. The third-order valence-corrected chi connectivity index (χ3v) is 3.29. The Bertz CT molecular complexity index is 333. The van der Waals surface area contributed by atoms with Crippen molar-refractivity contribution in [1.29, 1.82) is 0 Å². The van der Waals surface area contributed by atoms with Crippen LogP contribution in [-0.2, 0) is 9.63 Å². The molecule has 0 bridgehead atoms. The van der Waals surface area contributed by atoms with Crippen LogP contribution in [0.15, 0.2) is 5.28 Å². The summed E-state index contributed by atoms with van der Waals surface area (Å²) in [6, 6.07) is -0.891. The van der Waals surface area contributed by atoms with Crippen molar-refractivity contribution in [2.24, 2.45) is 5.28 Å². The minimum absolute atomic E-state index is 0. The molecule has 0 spiro atoms. The topological polar surface area (TPSA) is 118 Å². The molecule has 1 fully saturated rings. The van der Waals surface area contributed by atoms with Gasteiger partial charge in [-0.25, -0.2) is 0 Å². The van der Waals surface area contributed by atoms with Crippen molar-refractivity contribution in [3.05, 3.63) is 16.1 Å². The van der Waals surface area contributed by atoms with Gasteiger partial charge < -0.3 is 21.0 Å². The van der Waals surface area contributed by atoms with E-state index >= 15 is 0 Å². The Morgan fingerprint density at radius 1 is 1.48 bits per heavy atom. The first-order valence-corrected chi connectivity index (χ1v) is 7.20. The summed E-state index contributed by atoms with van der Waals surface area (Å²) in [5.41, 5.74) is 7.60. The number of nitrogens with one attached hydrogen (secondary N) is 1. The van der Waals surface area contributed by atoms with Crippen molar-refractivity contribution in [2.75, 3.05) is 38.2 Å². The molecule has 0 saturated carbocycles. The second kappa shape index (κ2) is 13.6. The second-order valence-electron chi connectivity index (χ2n) is 3.96. The average molecular weight is 541 g/mol. The zero-order valence-corrected chi connectivity index (χ0v) is 19.8. The molecule has 1 rings (SSSR count). The fourth-order valence-electron chi connectivity index (χ4n) is 1.54. The quantitative estimate of drug-likeness (QED) is 0.160. The number of carbonyl (C=O) groups is 1. The summed E-state index contributed by atoms with van der Waals surface area (Å²) in [5, 5.41) is 25.8. The van der Waals surface area contributed by atoms with Crippen molar-refractivity contribution < 1.29 is 88.2 Å². The molecule has 0 aromatic heterocycles. The van der Waals surface area contributed by atoms with E-state index in [-0.39, 0.29) is 91.7 Å². The number of nitrogens with zero attached hydrogens (tertiary/aromatic N) is 4. The molecule has 113 valence electrons. The SMILES string of the molecule is CSCCC([NH-])C(=O)ON1CCN(/[N+]([O-])=N/[O-])CC1.[Ac].[Na+]. The van der Waals surface area contributed by atoms with Crippen LogP contribution in [0.1, 0.15) is 6.42 Å². The molecule has 0 aromatic rings. The van der Waals surface area contributed by atoms with Gasteiger partial charge in [-0.05, 0) is 23.3 Å². The normalized spacial score (nSPS) is 17.4. The van der Waals surface area contributed by atoms with Crippen molar-refractivity contribution in [2.45, 2.75) is 12.5 Å². The van der Waals surface area contributed by atoms with Crippen LogP contribution in [0.4, 0.5) is 0 Å². The Hall–Kier alpha value is 1.18. The predicted molar refractivity (Wildman–Crippen MR) is 69.8 cm³/mol. The fraction of sp³-hybridized carbons (Fsp3) is 0.889. The minimum atomic E-state index is -0.891. The Balaban J connectivity index is 0. The maximum Gasteiger partial charge on any atom is 1.00 e. The number of rotatable bonds is 6. The molecule has 1 unspecified atom stereocenters. The van der Waals surface area contributed by atoms with Gasteiger partial charge in [0.2, 0.25) is 0 Å². The smallest absolute Gasteiger partial charge is 0.737 e.